The summed E-state index contributed by atoms with van der Waals surface area (Å²) < 4.78 is 5.38. The van der Waals surface area contributed by atoms with Crippen molar-refractivity contribution in [2.45, 2.75) is 39.7 Å². The van der Waals surface area contributed by atoms with Gasteiger partial charge in [0.05, 0.1) is 0 Å². The molecule has 1 aromatic heterocycles. The highest BCUT2D eigenvalue weighted by molar-refractivity contribution is 7.12. The Kier molecular flexibility index (Phi) is 6.69. The van der Waals surface area contributed by atoms with Gasteiger partial charge in [-0.15, -0.1) is 11.3 Å². The van der Waals surface area contributed by atoms with Crippen molar-refractivity contribution in [3.8, 4) is 0 Å². The van der Waals surface area contributed by atoms with Crippen LogP contribution in [-0.4, -0.2) is 19.8 Å². The first-order valence-electron chi connectivity index (χ1n) is 6.15. The van der Waals surface area contributed by atoms with Crippen molar-refractivity contribution >= 4 is 11.3 Å². The zero-order chi connectivity index (χ0) is 11.8. The summed E-state index contributed by atoms with van der Waals surface area (Å²) in [6.07, 6.45) is 2.29. The number of rotatable bonds is 8. The lowest BCUT2D eigenvalue weighted by molar-refractivity contribution is 0.141. The fraction of sp³-hybridized carbons (Fsp3) is 0.692. The van der Waals surface area contributed by atoms with E-state index in [1.165, 1.54) is 9.75 Å². The van der Waals surface area contributed by atoms with Gasteiger partial charge in [0.25, 0.3) is 0 Å². The molecule has 1 N–H and O–H groups in total. The van der Waals surface area contributed by atoms with E-state index in [0.717, 1.165) is 32.6 Å². The highest BCUT2D eigenvalue weighted by atomic mass is 32.1. The Balaban J connectivity index is 2.41. The van der Waals surface area contributed by atoms with Crippen LogP contribution in [-0.2, 0) is 4.74 Å². The molecule has 0 aliphatic carbocycles. The van der Waals surface area contributed by atoms with E-state index in [-0.39, 0.29) is 0 Å². The third-order valence-corrected chi connectivity index (χ3v) is 3.66. The van der Waals surface area contributed by atoms with Crippen LogP contribution in [0.25, 0.3) is 0 Å². The van der Waals surface area contributed by atoms with Crippen LogP contribution in [0, 0.1) is 6.92 Å². The predicted octanol–water partition coefficient (Wildman–Crippen LogP) is 3.52. The summed E-state index contributed by atoms with van der Waals surface area (Å²) in [5, 5.41) is 3.54. The molecule has 3 heteroatoms. The van der Waals surface area contributed by atoms with E-state index in [4.69, 9.17) is 4.74 Å². The van der Waals surface area contributed by atoms with Gasteiger partial charge in [0.2, 0.25) is 0 Å². The molecular weight excluding hydrogens is 218 g/mol. The minimum absolute atomic E-state index is 0.504. The van der Waals surface area contributed by atoms with E-state index in [9.17, 15) is 0 Å². The highest BCUT2D eigenvalue weighted by Crippen LogP contribution is 2.25. The summed E-state index contributed by atoms with van der Waals surface area (Å²) in [5.74, 6) is 0. The van der Waals surface area contributed by atoms with Gasteiger partial charge >= 0.3 is 0 Å². The molecule has 0 fully saturated rings. The maximum Gasteiger partial charge on any atom is 0.0466 e. The van der Waals surface area contributed by atoms with Gasteiger partial charge in [-0.2, -0.15) is 0 Å². The molecule has 2 nitrogen and oxygen atoms in total. The summed E-state index contributed by atoms with van der Waals surface area (Å²) >= 11 is 1.90. The minimum atomic E-state index is 0.504. The van der Waals surface area contributed by atoms with Gasteiger partial charge in [0, 0.05) is 29.0 Å². The normalized spacial score (nSPS) is 12.9. The van der Waals surface area contributed by atoms with E-state index in [1.807, 2.05) is 18.3 Å². The smallest absolute Gasteiger partial charge is 0.0466 e. The molecule has 0 saturated heterocycles. The number of hydrogen-bond donors (Lipinski definition) is 1. The van der Waals surface area contributed by atoms with Gasteiger partial charge in [-0.25, -0.2) is 0 Å². The van der Waals surface area contributed by atoms with Crippen LogP contribution >= 0.6 is 11.3 Å². The van der Waals surface area contributed by atoms with Crippen LogP contribution < -0.4 is 5.32 Å². The third-order valence-electron chi connectivity index (χ3n) is 2.54. The second-order valence-electron chi connectivity index (χ2n) is 3.90. The quantitative estimate of drug-likeness (QED) is 0.703. The zero-order valence-corrected chi connectivity index (χ0v) is 11.4. The Hall–Kier alpha value is -0.380. The molecule has 0 spiro atoms. The first kappa shape index (κ1) is 13.7. The lowest BCUT2D eigenvalue weighted by Gasteiger charge is -2.16. The lowest BCUT2D eigenvalue weighted by Crippen LogP contribution is -2.20. The monoisotopic (exact) mass is 241 g/mol. The van der Waals surface area contributed by atoms with Crippen molar-refractivity contribution < 1.29 is 4.74 Å². The molecule has 0 aromatic carbocycles. The van der Waals surface area contributed by atoms with Crippen LogP contribution in [0.1, 0.15) is 42.5 Å². The number of thiophene rings is 1. The largest absolute Gasteiger partial charge is 0.382 e. The second-order valence-corrected chi connectivity index (χ2v) is 5.22. The molecule has 1 aromatic rings. The number of aryl methyl sites for hydroxylation is 1. The van der Waals surface area contributed by atoms with Crippen molar-refractivity contribution in [1.29, 1.82) is 0 Å². The van der Waals surface area contributed by atoms with Crippen molar-refractivity contribution in [3.05, 3.63) is 21.9 Å². The Morgan fingerprint density at radius 2 is 2.19 bits per heavy atom. The fourth-order valence-electron chi connectivity index (χ4n) is 1.77. The Morgan fingerprint density at radius 1 is 1.38 bits per heavy atom. The molecule has 16 heavy (non-hydrogen) atoms. The standard InChI is InChI=1S/C13H23NOS/c1-4-14-12(7-6-10-15-5-2)13-9-8-11(3)16-13/h8-9,12,14H,4-7,10H2,1-3H3. The van der Waals surface area contributed by atoms with Crippen molar-refractivity contribution in [3.63, 3.8) is 0 Å². The SMILES string of the molecule is CCNC(CCCOCC)c1ccc(C)s1. The molecule has 0 amide bonds. The molecule has 1 unspecified atom stereocenters. The zero-order valence-electron chi connectivity index (χ0n) is 10.6. The summed E-state index contributed by atoms with van der Waals surface area (Å²) in [5.41, 5.74) is 0. The molecule has 0 bridgehead atoms. The van der Waals surface area contributed by atoms with E-state index in [1.54, 1.807) is 0 Å². The molecule has 1 atom stereocenters. The van der Waals surface area contributed by atoms with E-state index >= 15 is 0 Å². The van der Waals surface area contributed by atoms with Crippen molar-refractivity contribution in [2.24, 2.45) is 0 Å². The van der Waals surface area contributed by atoms with Crippen LogP contribution in [0.15, 0.2) is 12.1 Å². The average molecular weight is 241 g/mol. The Bertz CT molecular complexity index is 285. The molecule has 0 aliphatic heterocycles. The van der Waals surface area contributed by atoms with E-state index in [2.05, 4.69) is 31.3 Å². The maximum atomic E-state index is 5.38. The fourth-order valence-corrected chi connectivity index (χ4v) is 2.75. The van der Waals surface area contributed by atoms with Crippen LogP contribution in [0.4, 0.5) is 0 Å². The number of nitrogens with one attached hydrogen (secondary N) is 1. The minimum Gasteiger partial charge on any atom is -0.382 e. The second kappa shape index (κ2) is 7.82. The van der Waals surface area contributed by atoms with Crippen LogP contribution in [0.3, 0.4) is 0 Å². The highest BCUT2D eigenvalue weighted by Gasteiger charge is 2.11. The van der Waals surface area contributed by atoms with Crippen LogP contribution in [0.5, 0.6) is 0 Å². The molecule has 0 aliphatic rings. The first-order chi connectivity index (χ1) is 7.77. The van der Waals surface area contributed by atoms with Crippen LogP contribution in [0.2, 0.25) is 0 Å². The molecule has 92 valence electrons. The molecule has 0 radical (unpaired) electrons. The number of ether oxygens (including phenoxy) is 1. The van der Waals surface area contributed by atoms with E-state index < -0.39 is 0 Å². The molecule has 0 saturated carbocycles. The van der Waals surface area contributed by atoms with Gasteiger partial charge in [0.15, 0.2) is 0 Å². The Labute approximate surface area is 103 Å². The van der Waals surface area contributed by atoms with Gasteiger partial charge in [0.1, 0.15) is 0 Å². The first-order valence-corrected chi connectivity index (χ1v) is 6.97. The van der Waals surface area contributed by atoms with Gasteiger partial charge in [-0.1, -0.05) is 6.92 Å². The third kappa shape index (κ3) is 4.64. The summed E-state index contributed by atoms with van der Waals surface area (Å²) in [4.78, 5) is 2.85. The van der Waals surface area contributed by atoms with Crippen molar-refractivity contribution in [1.82, 2.24) is 5.32 Å². The van der Waals surface area contributed by atoms with Gasteiger partial charge in [-0.3, -0.25) is 0 Å². The summed E-state index contributed by atoms with van der Waals surface area (Å²) in [6, 6.07) is 4.95. The lowest BCUT2D eigenvalue weighted by atomic mass is 10.1. The molecule has 1 rings (SSSR count). The van der Waals surface area contributed by atoms with Gasteiger partial charge < -0.3 is 10.1 Å². The van der Waals surface area contributed by atoms with Gasteiger partial charge in [-0.05, 0) is 45.4 Å². The Morgan fingerprint density at radius 3 is 2.75 bits per heavy atom. The molecular formula is C13H23NOS. The maximum absolute atomic E-state index is 5.38. The summed E-state index contributed by atoms with van der Waals surface area (Å²) in [7, 11) is 0. The number of hydrogen-bond acceptors (Lipinski definition) is 3. The predicted molar refractivity (Wildman–Crippen MR) is 71.2 cm³/mol. The average Bonchev–Trinajstić information content (AvgIpc) is 2.69. The van der Waals surface area contributed by atoms with E-state index in [0.29, 0.717) is 6.04 Å². The van der Waals surface area contributed by atoms with Crippen molar-refractivity contribution in [2.75, 3.05) is 19.8 Å². The topological polar surface area (TPSA) is 21.3 Å². The molecule has 1 heterocycles. The summed E-state index contributed by atoms with van der Waals surface area (Å²) in [6.45, 7) is 9.10.